The van der Waals surface area contributed by atoms with E-state index in [1.54, 1.807) is 12.1 Å². The van der Waals surface area contributed by atoms with Crippen LogP contribution in [0.2, 0.25) is 0 Å². The quantitative estimate of drug-likeness (QED) is 0.732. The fourth-order valence-corrected chi connectivity index (χ4v) is 2.76. The average Bonchev–Trinajstić information content (AvgIpc) is 2.30. The van der Waals surface area contributed by atoms with Crippen LogP contribution >= 0.6 is 22.6 Å². The topological polar surface area (TPSA) is 69.6 Å². The minimum absolute atomic E-state index is 0.0255. The Morgan fingerprint density at radius 3 is 2.67 bits per heavy atom. The Kier molecular flexibility index (Phi) is 5.83. The Bertz CT molecular complexity index is 505. The highest BCUT2D eigenvalue weighted by Crippen LogP contribution is 2.18. The first-order valence-electron chi connectivity index (χ1n) is 5.48. The molecule has 18 heavy (non-hydrogen) atoms. The van der Waals surface area contributed by atoms with Gasteiger partial charge in [-0.15, -0.1) is 0 Å². The van der Waals surface area contributed by atoms with Gasteiger partial charge in [-0.05, 0) is 53.6 Å². The molecule has 2 N–H and O–H groups in total. The Morgan fingerprint density at radius 2 is 2.11 bits per heavy atom. The minimum Gasteiger partial charge on any atom is -0.396 e. The lowest BCUT2D eigenvalue weighted by Crippen LogP contribution is -2.33. The number of aliphatic hydroxyl groups is 1. The SMILES string of the molecule is Cc1ccc(NS(=O)(=O)N(C)CCCO)cc1I. The van der Waals surface area contributed by atoms with E-state index in [9.17, 15) is 8.42 Å². The summed E-state index contributed by atoms with van der Waals surface area (Å²) >= 11 is 2.16. The van der Waals surface area contributed by atoms with Crippen molar-refractivity contribution in [3.63, 3.8) is 0 Å². The molecule has 1 aromatic carbocycles. The summed E-state index contributed by atoms with van der Waals surface area (Å²) in [4.78, 5) is 0. The summed E-state index contributed by atoms with van der Waals surface area (Å²) in [5.74, 6) is 0. The number of aryl methyl sites for hydroxylation is 1. The maximum absolute atomic E-state index is 11.9. The fraction of sp³-hybridized carbons (Fsp3) is 0.455. The minimum atomic E-state index is -3.55. The average molecular weight is 384 g/mol. The van der Waals surface area contributed by atoms with Gasteiger partial charge in [0.2, 0.25) is 0 Å². The summed E-state index contributed by atoms with van der Waals surface area (Å²) in [5.41, 5.74) is 1.65. The maximum atomic E-state index is 11.9. The molecule has 5 nitrogen and oxygen atoms in total. The highest BCUT2D eigenvalue weighted by Gasteiger charge is 2.17. The standard InChI is InChI=1S/C11H17IN2O3S/c1-9-4-5-10(8-11(9)12)13-18(16,17)14(2)6-3-7-15/h4-5,8,13,15H,3,6-7H2,1-2H3. The third-order valence-corrected chi connectivity index (χ3v) is 5.12. The summed E-state index contributed by atoms with van der Waals surface area (Å²) in [6.45, 7) is 2.23. The molecule has 0 radical (unpaired) electrons. The number of benzene rings is 1. The van der Waals surface area contributed by atoms with Gasteiger partial charge < -0.3 is 5.11 Å². The van der Waals surface area contributed by atoms with Gasteiger partial charge in [0.1, 0.15) is 0 Å². The van der Waals surface area contributed by atoms with Crippen molar-refractivity contribution in [2.75, 3.05) is 24.9 Å². The molecular weight excluding hydrogens is 367 g/mol. The van der Waals surface area contributed by atoms with Gasteiger partial charge in [-0.3, -0.25) is 4.72 Å². The first-order chi connectivity index (χ1) is 8.36. The zero-order valence-corrected chi connectivity index (χ0v) is 13.3. The number of halogens is 1. The molecule has 0 amide bonds. The molecule has 1 rings (SSSR count). The second kappa shape index (κ2) is 6.69. The molecule has 0 heterocycles. The summed E-state index contributed by atoms with van der Waals surface area (Å²) in [6.07, 6.45) is 0.419. The van der Waals surface area contributed by atoms with Crippen LogP contribution in [-0.2, 0) is 10.2 Å². The van der Waals surface area contributed by atoms with E-state index in [2.05, 4.69) is 27.3 Å². The second-order valence-corrected chi connectivity index (χ2v) is 6.91. The van der Waals surface area contributed by atoms with Gasteiger partial charge in [-0.2, -0.15) is 12.7 Å². The molecule has 0 aliphatic rings. The van der Waals surface area contributed by atoms with Crippen LogP contribution in [0.3, 0.4) is 0 Å². The summed E-state index contributed by atoms with van der Waals surface area (Å²) in [7, 11) is -2.06. The van der Waals surface area contributed by atoms with Gasteiger partial charge in [0.15, 0.2) is 0 Å². The van der Waals surface area contributed by atoms with Crippen molar-refractivity contribution >= 4 is 38.5 Å². The predicted molar refractivity (Wildman–Crippen MR) is 80.8 cm³/mol. The van der Waals surface area contributed by atoms with E-state index >= 15 is 0 Å². The Morgan fingerprint density at radius 1 is 1.44 bits per heavy atom. The summed E-state index contributed by atoms with van der Waals surface area (Å²) in [5, 5.41) is 8.69. The van der Waals surface area contributed by atoms with Crippen molar-refractivity contribution in [1.29, 1.82) is 0 Å². The van der Waals surface area contributed by atoms with Crippen LogP contribution in [-0.4, -0.2) is 38.0 Å². The van der Waals surface area contributed by atoms with Crippen LogP contribution in [0.4, 0.5) is 5.69 Å². The van der Waals surface area contributed by atoms with Crippen molar-refractivity contribution in [1.82, 2.24) is 4.31 Å². The third-order valence-electron chi connectivity index (χ3n) is 2.46. The molecule has 102 valence electrons. The van der Waals surface area contributed by atoms with Crippen molar-refractivity contribution in [3.8, 4) is 0 Å². The second-order valence-electron chi connectivity index (χ2n) is 3.97. The molecule has 1 aromatic rings. The number of anilines is 1. The fourth-order valence-electron chi connectivity index (χ4n) is 1.30. The molecule has 7 heteroatoms. The lowest BCUT2D eigenvalue weighted by molar-refractivity contribution is 0.276. The molecule has 0 bridgehead atoms. The summed E-state index contributed by atoms with van der Waals surface area (Å²) in [6, 6.07) is 5.38. The molecule has 0 saturated carbocycles. The van der Waals surface area contributed by atoms with E-state index in [0.29, 0.717) is 12.1 Å². The van der Waals surface area contributed by atoms with E-state index in [4.69, 9.17) is 5.11 Å². The molecule has 0 unspecified atom stereocenters. The number of aliphatic hydroxyl groups excluding tert-OH is 1. The normalized spacial score (nSPS) is 11.8. The Hall–Kier alpha value is -0.380. The third kappa shape index (κ3) is 4.38. The molecule has 0 atom stereocenters. The van der Waals surface area contributed by atoms with Gasteiger partial charge in [0, 0.05) is 23.8 Å². The van der Waals surface area contributed by atoms with Gasteiger partial charge in [-0.25, -0.2) is 0 Å². The number of nitrogens with one attached hydrogen (secondary N) is 1. The van der Waals surface area contributed by atoms with Crippen molar-refractivity contribution in [2.45, 2.75) is 13.3 Å². The zero-order valence-electron chi connectivity index (χ0n) is 10.4. The number of hydrogen-bond donors (Lipinski definition) is 2. The van der Waals surface area contributed by atoms with Gasteiger partial charge in [-0.1, -0.05) is 6.07 Å². The van der Waals surface area contributed by atoms with Crippen LogP contribution in [0.15, 0.2) is 18.2 Å². The number of rotatable bonds is 6. The molecule has 0 aliphatic carbocycles. The van der Waals surface area contributed by atoms with E-state index in [1.165, 1.54) is 11.4 Å². The van der Waals surface area contributed by atoms with Crippen molar-refractivity contribution in [3.05, 3.63) is 27.3 Å². The molecule has 0 aliphatic heterocycles. The van der Waals surface area contributed by atoms with Crippen LogP contribution in [0, 0.1) is 10.5 Å². The van der Waals surface area contributed by atoms with Crippen molar-refractivity contribution in [2.24, 2.45) is 0 Å². The van der Waals surface area contributed by atoms with Crippen LogP contribution in [0.5, 0.6) is 0 Å². The lowest BCUT2D eigenvalue weighted by Gasteiger charge is -2.18. The Labute approximate surface area is 122 Å². The van der Waals surface area contributed by atoms with Crippen molar-refractivity contribution < 1.29 is 13.5 Å². The largest absolute Gasteiger partial charge is 0.396 e. The first-order valence-corrected chi connectivity index (χ1v) is 8.00. The van der Waals surface area contributed by atoms with Gasteiger partial charge in [0.05, 0.1) is 5.69 Å². The first kappa shape index (κ1) is 15.7. The van der Waals surface area contributed by atoms with Crippen LogP contribution in [0.1, 0.15) is 12.0 Å². The van der Waals surface area contributed by atoms with E-state index in [0.717, 1.165) is 9.13 Å². The number of nitrogens with zero attached hydrogens (tertiary/aromatic N) is 1. The predicted octanol–water partition coefficient (Wildman–Crippen LogP) is 1.57. The number of hydrogen-bond acceptors (Lipinski definition) is 3. The summed E-state index contributed by atoms with van der Waals surface area (Å²) < 4.78 is 28.6. The molecule has 0 saturated heterocycles. The molecular formula is C11H17IN2O3S. The monoisotopic (exact) mass is 384 g/mol. The zero-order chi connectivity index (χ0) is 13.8. The highest BCUT2D eigenvalue weighted by atomic mass is 127. The smallest absolute Gasteiger partial charge is 0.301 e. The van der Waals surface area contributed by atoms with Gasteiger partial charge >= 0.3 is 10.2 Å². The van der Waals surface area contributed by atoms with E-state index < -0.39 is 10.2 Å². The molecule has 0 aromatic heterocycles. The van der Waals surface area contributed by atoms with Crippen LogP contribution in [0.25, 0.3) is 0 Å². The van der Waals surface area contributed by atoms with E-state index in [1.807, 2.05) is 13.0 Å². The Balaban J connectivity index is 2.78. The van der Waals surface area contributed by atoms with Crippen LogP contribution < -0.4 is 4.72 Å². The molecule has 0 fully saturated rings. The highest BCUT2D eigenvalue weighted by molar-refractivity contribution is 14.1. The maximum Gasteiger partial charge on any atom is 0.301 e. The lowest BCUT2D eigenvalue weighted by atomic mass is 10.2. The molecule has 0 spiro atoms. The van der Waals surface area contributed by atoms with Gasteiger partial charge in [0.25, 0.3) is 0 Å². The van der Waals surface area contributed by atoms with E-state index in [-0.39, 0.29) is 13.2 Å².